The number of rotatable bonds is 7. The number of hydrogen-bond donors (Lipinski definition) is 2. The number of carbonyl (C=O) groups is 1. The first-order valence-electron chi connectivity index (χ1n) is 8.66. The van der Waals surface area contributed by atoms with Crippen LogP contribution in [-0.2, 0) is 11.3 Å². The second-order valence-electron chi connectivity index (χ2n) is 6.82. The molecule has 4 nitrogen and oxygen atoms in total. The molecule has 1 aromatic carbocycles. The van der Waals surface area contributed by atoms with Gasteiger partial charge in [-0.1, -0.05) is 23.7 Å². The Morgan fingerprint density at radius 3 is 2.48 bits per heavy atom. The largest absolute Gasteiger partial charge is 0.352 e. The standard InChI is InChI=1S/C18H26ClN3O/c19-16-5-3-15(4-6-16)13-22-9-7-17(8-10-22)21-18(23)12-20-11-14-1-2-14/h3-6,14,17,20H,1-2,7-13H2,(H,21,23). The molecule has 1 aliphatic carbocycles. The van der Waals surface area contributed by atoms with Gasteiger partial charge in [-0.2, -0.15) is 0 Å². The van der Waals surface area contributed by atoms with Crippen molar-refractivity contribution in [1.29, 1.82) is 0 Å². The Balaban J connectivity index is 1.32. The Labute approximate surface area is 143 Å². The molecule has 1 heterocycles. The van der Waals surface area contributed by atoms with Crippen molar-refractivity contribution in [3.8, 4) is 0 Å². The fourth-order valence-corrected chi connectivity index (χ4v) is 3.20. The number of benzene rings is 1. The van der Waals surface area contributed by atoms with Crippen LogP contribution in [-0.4, -0.2) is 43.0 Å². The van der Waals surface area contributed by atoms with Crippen molar-refractivity contribution in [2.24, 2.45) is 5.92 Å². The summed E-state index contributed by atoms with van der Waals surface area (Å²) in [4.78, 5) is 14.4. The summed E-state index contributed by atoms with van der Waals surface area (Å²) in [7, 11) is 0. The lowest BCUT2D eigenvalue weighted by Gasteiger charge is -2.32. The molecule has 1 aromatic rings. The lowest BCUT2D eigenvalue weighted by Crippen LogP contribution is -2.46. The van der Waals surface area contributed by atoms with Crippen molar-refractivity contribution in [3.63, 3.8) is 0 Å². The van der Waals surface area contributed by atoms with Crippen LogP contribution in [0.15, 0.2) is 24.3 Å². The van der Waals surface area contributed by atoms with Crippen LogP contribution in [0.4, 0.5) is 0 Å². The summed E-state index contributed by atoms with van der Waals surface area (Å²) in [5.41, 5.74) is 1.29. The van der Waals surface area contributed by atoms with Crippen molar-refractivity contribution in [1.82, 2.24) is 15.5 Å². The summed E-state index contributed by atoms with van der Waals surface area (Å²) in [5.74, 6) is 0.959. The number of nitrogens with zero attached hydrogens (tertiary/aromatic N) is 1. The van der Waals surface area contributed by atoms with Crippen molar-refractivity contribution in [2.75, 3.05) is 26.2 Å². The summed E-state index contributed by atoms with van der Waals surface area (Å²) in [6.45, 7) is 4.47. The van der Waals surface area contributed by atoms with Crippen LogP contribution < -0.4 is 10.6 Å². The number of amides is 1. The van der Waals surface area contributed by atoms with Crippen LogP contribution in [0.1, 0.15) is 31.2 Å². The van der Waals surface area contributed by atoms with E-state index < -0.39 is 0 Å². The van der Waals surface area contributed by atoms with Crippen LogP contribution in [0, 0.1) is 5.92 Å². The quantitative estimate of drug-likeness (QED) is 0.804. The maximum Gasteiger partial charge on any atom is 0.234 e. The Morgan fingerprint density at radius 1 is 1.13 bits per heavy atom. The van der Waals surface area contributed by atoms with Gasteiger partial charge in [0, 0.05) is 30.7 Å². The lowest BCUT2D eigenvalue weighted by atomic mass is 10.0. The molecule has 3 rings (SSSR count). The van der Waals surface area contributed by atoms with Crippen molar-refractivity contribution in [3.05, 3.63) is 34.9 Å². The molecule has 0 unspecified atom stereocenters. The minimum atomic E-state index is 0.141. The SMILES string of the molecule is O=C(CNCC1CC1)NC1CCN(Cc2ccc(Cl)cc2)CC1. The second-order valence-corrected chi connectivity index (χ2v) is 7.26. The van der Waals surface area contributed by atoms with Crippen molar-refractivity contribution in [2.45, 2.75) is 38.3 Å². The van der Waals surface area contributed by atoms with E-state index >= 15 is 0 Å². The molecule has 0 radical (unpaired) electrons. The molecule has 1 aliphatic heterocycles. The van der Waals surface area contributed by atoms with Crippen LogP contribution >= 0.6 is 11.6 Å². The number of hydrogen-bond acceptors (Lipinski definition) is 3. The fourth-order valence-electron chi connectivity index (χ4n) is 3.07. The molecule has 0 bridgehead atoms. The summed E-state index contributed by atoms with van der Waals surface area (Å²) < 4.78 is 0. The van der Waals surface area contributed by atoms with Gasteiger partial charge in [0.1, 0.15) is 0 Å². The molecule has 23 heavy (non-hydrogen) atoms. The Hall–Kier alpha value is -1.10. The average molecular weight is 336 g/mol. The highest BCUT2D eigenvalue weighted by Crippen LogP contribution is 2.27. The minimum absolute atomic E-state index is 0.141. The van der Waals surface area contributed by atoms with Gasteiger partial charge in [0.05, 0.1) is 6.54 Å². The van der Waals surface area contributed by atoms with Gasteiger partial charge in [0.15, 0.2) is 0 Å². The highest BCUT2D eigenvalue weighted by Gasteiger charge is 2.22. The van der Waals surface area contributed by atoms with Gasteiger partial charge in [-0.3, -0.25) is 9.69 Å². The van der Waals surface area contributed by atoms with Crippen LogP contribution in [0.5, 0.6) is 0 Å². The highest BCUT2D eigenvalue weighted by atomic mass is 35.5. The zero-order valence-electron chi connectivity index (χ0n) is 13.6. The molecule has 0 atom stereocenters. The normalized spacial score (nSPS) is 19.7. The molecule has 0 aromatic heterocycles. The maximum absolute atomic E-state index is 11.9. The smallest absolute Gasteiger partial charge is 0.234 e. The molecule has 1 saturated heterocycles. The van der Waals surface area contributed by atoms with Gasteiger partial charge in [-0.25, -0.2) is 0 Å². The number of piperidine rings is 1. The zero-order valence-corrected chi connectivity index (χ0v) is 14.3. The van der Waals surface area contributed by atoms with Gasteiger partial charge in [0.25, 0.3) is 0 Å². The van der Waals surface area contributed by atoms with E-state index in [1.54, 1.807) is 0 Å². The molecule has 126 valence electrons. The van der Waals surface area contributed by atoms with E-state index in [0.717, 1.165) is 50.0 Å². The molecular weight excluding hydrogens is 310 g/mol. The first-order chi connectivity index (χ1) is 11.2. The van der Waals surface area contributed by atoms with E-state index in [1.165, 1.54) is 18.4 Å². The molecule has 1 amide bonds. The Morgan fingerprint density at radius 2 is 1.83 bits per heavy atom. The van der Waals surface area contributed by atoms with E-state index in [9.17, 15) is 4.79 Å². The second kappa shape index (κ2) is 8.13. The molecule has 2 N–H and O–H groups in total. The van der Waals surface area contributed by atoms with Gasteiger partial charge >= 0.3 is 0 Å². The summed E-state index contributed by atoms with van der Waals surface area (Å²) in [6.07, 6.45) is 4.70. The molecule has 5 heteroatoms. The number of halogens is 1. The predicted molar refractivity (Wildman–Crippen MR) is 93.5 cm³/mol. The molecule has 0 spiro atoms. The molecular formula is C18H26ClN3O. The summed E-state index contributed by atoms with van der Waals surface area (Å²) in [5, 5.41) is 7.19. The average Bonchev–Trinajstić information content (AvgIpc) is 3.36. The van der Waals surface area contributed by atoms with Crippen molar-refractivity contribution < 1.29 is 4.79 Å². The van der Waals surface area contributed by atoms with E-state index in [-0.39, 0.29) is 5.91 Å². The predicted octanol–water partition coefficient (Wildman–Crippen LogP) is 2.42. The third kappa shape index (κ3) is 5.79. The van der Waals surface area contributed by atoms with Crippen LogP contribution in [0.25, 0.3) is 0 Å². The van der Waals surface area contributed by atoms with Crippen molar-refractivity contribution >= 4 is 17.5 Å². The van der Waals surface area contributed by atoms with Gasteiger partial charge in [-0.15, -0.1) is 0 Å². The zero-order chi connectivity index (χ0) is 16.1. The van der Waals surface area contributed by atoms with E-state index in [0.29, 0.717) is 12.6 Å². The monoisotopic (exact) mass is 335 g/mol. The van der Waals surface area contributed by atoms with Crippen LogP contribution in [0.2, 0.25) is 5.02 Å². The number of likely N-dealkylation sites (tertiary alicyclic amines) is 1. The maximum atomic E-state index is 11.9. The van der Waals surface area contributed by atoms with E-state index in [4.69, 9.17) is 11.6 Å². The first kappa shape index (κ1) is 16.7. The Bertz CT molecular complexity index is 508. The number of carbonyl (C=O) groups excluding carboxylic acids is 1. The molecule has 1 saturated carbocycles. The summed E-state index contributed by atoms with van der Waals surface area (Å²) in [6, 6.07) is 8.38. The number of nitrogens with one attached hydrogen (secondary N) is 2. The van der Waals surface area contributed by atoms with E-state index in [2.05, 4.69) is 27.7 Å². The topological polar surface area (TPSA) is 44.4 Å². The van der Waals surface area contributed by atoms with Gasteiger partial charge in [-0.05, 0) is 55.8 Å². The van der Waals surface area contributed by atoms with E-state index in [1.807, 2.05) is 12.1 Å². The van der Waals surface area contributed by atoms with Gasteiger partial charge < -0.3 is 10.6 Å². The Kier molecular flexibility index (Phi) is 5.92. The lowest BCUT2D eigenvalue weighted by molar-refractivity contribution is -0.121. The van der Waals surface area contributed by atoms with Crippen LogP contribution in [0.3, 0.4) is 0 Å². The third-order valence-electron chi connectivity index (χ3n) is 4.69. The highest BCUT2D eigenvalue weighted by molar-refractivity contribution is 6.30. The minimum Gasteiger partial charge on any atom is -0.352 e. The molecule has 2 aliphatic rings. The van der Waals surface area contributed by atoms with Gasteiger partial charge in [0.2, 0.25) is 5.91 Å². The molecule has 2 fully saturated rings. The fraction of sp³-hybridized carbons (Fsp3) is 0.611. The summed E-state index contributed by atoms with van der Waals surface area (Å²) >= 11 is 5.92. The third-order valence-corrected chi connectivity index (χ3v) is 4.94. The first-order valence-corrected chi connectivity index (χ1v) is 9.04.